The standard InChI is InChI=1S/C20H28O4/c1-11(2)17(22)16-13(21)10-14-12(18(16)23)9-15-19(3,4)7-6-8-20(15,5)24-14/h10-11,15,21,23H,6-9H2,1-5H3/t15-,20-/m1/s1. The van der Waals surface area contributed by atoms with Crippen LogP contribution in [-0.2, 0) is 6.42 Å². The molecule has 0 amide bonds. The number of carbonyl (C=O) groups is 1. The first-order chi connectivity index (χ1) is 11.1. The molecule has 0 spiro atoms. The van der Waals surface area contributed by atoms with Crippen molar-refractivity contribution in [1.29, 1.82) is 0 Å². The first kappa shape index (κ1) is 17.1. The molecule has 0 aromatic heterocycles. The van der Waals surface area contributed by atoms with E-state index in [9.17, 15) is 15.0 Å². The fourth-order valence-electron chi connectivity index (χ4n) is 4.63. The smallest absolute Gasteiger partial charge is 0.172 e. The summed E-state index contributed by atoms with van der Waals surface area (Å²) in [5, 5.41) is 21.0. The van der Waals surface area contributed by atoms with Crippen LogP contribution in [-0.4, -0.2) is 21.6 Å². The zero-order valence-corrected chi connectivity index (χ0v) is 15.3. The summed E-state index contributed by atoms with van der Waals surface area (Å²) < 4.78 is 6.28. The third-order valence-electron chi connectivity index (χ3n) is 6.04. The van der Waals surface area contributed by atoms with Gasteiger partial charge < -0.3 is 14.9 Å². The second-order valence-electron chi connectivity index (χ2n) is 8.63. The Labute approximate surface area is 143 Å². The van der Waals surface area contributed by atoms with E-state index in [0.29, 0.717) is 17.7 Å². The summed E-state index contributed by atoms with van der Waals surface area (Å²) >= 11 is 0. The highest BCUT2D eigenvalue weighted by atomic mass is 16.5. The van der Waals surface area contributed by atoms with Gasteiger partial charge in [0.25, 0.3) is 0 Å². The molecule has 0 saturated heterocycles. The highest BCUT2D eigenvalue weighted by Gasteiger charge is 2.51. The van der Waals surface area contributed by atoms with E-state index in [1.807, 2.05) is 0 Å². The molecule has 2 N–H and O–H groups in total. The molecule has 1 aromatic rings. The lowest BCUT2D eigenvalue weighted by Crippen LogP contribution is -2.53. The van der Waals surface area contributed by atoms with Crippen LogP contribution in [0.25, 0.3) is 0 Å². The Morgan fingerprint density at radius 2 is 1.92 bits per heavy atom. The van der Waals surface area contributed by atoms with Crippen molar-refractivity contribution in [3.63, 3.8) is 0 Å². The van der Waals surface area contributed by atoms with Crippen LogP contribution in [0.4, 0.5) is 0 Å². The molecule has 1 saturated carbocycles. The van der Waals surface area contributed by atoms with Crippen molar-refractivity contribution in [3.8, 4) is 17.2 Å². The summed E-state index contributed by atoms with van der Waals surface area (Å²) in [5.74, 6) is -0.0515. The van der Waals surface area contributed by atoms with Crippen molar-refractivity contribution in [2.45, 2.75) is 65.9 Å². The van der Waals surface area contributed by atoms with Crippen molar-refractivity contribution in [1.82, 2.24) is 0 Å². The van der Waals surface area contributed by atoms with Crippen LogP contribution >= 0.6 is 0 Å². The second kappa shape index (κ2) is 5.40. The molecule has 1 heterocycles. The van der Waals surface area contributed by atoms with Gasteiger partial charge in [-0.3, -0.25) is 4.79 Å². The van der Waals surface area contributed by atoms with Crippen molar-refractivity contribution in [3.05, 3.63) is 17.2 Å². The average Bonchev–Trinajstić information content (AvgIpc) is 2.44. The molecule has 0 bridgehead atoms. The Bertz CT molecular complexity index is 689. The Balaban J connectivity index is 2.12. The minimum absolute atomic E-state index is 0.0320. The van der Waals surface area contributed by atoms with Gasteiger partial charge in [-0.1, -0.05) is 27.7 Å². The number of phenolic OH excluding ortho intramolecular Hbond substituents is 2. The number of hydrogen-bond acceptors (Lipinski definition) is 4. The van der Waals surface area contributed by atoms with Crippen LogP contribution in [0.15, 0.2) is 6.07 Å². The molecular weight excluding hydrogens is 304 g/mol. The molecule has 3 rings (SSSR count). The minimum Gasteiger partial charge on any atom is -0.507 e. The van der Waals surface area contributed by atoms with Gasteiger partial charge in [-0.15, -0.1) is 0 Å². The second-order valence-corrected chi connectivity index (χ2v) is 8.63. The number of ether oxygens (including phenoxy) is 1. The van der Waals surface area contributed by atoms with E-state index >= 15 is 0 Å². The molecular formula is C20H28O4. The fraction of sp³-hybridized carbons (Fsp3) is 0.650. The molecule has 1 aliphatic carbocycles. The van der Waals surface area contributed by atoms with Gasteiger partial charge in [0.2, 0.25) is 0 Å². The van der Waals surface area contributed by atoms with Gasteiger partial charge in [0.15, 0.2) is 5.78 Å². The van der Waals surface area contributed by atoms with Crippen molar-refractivity contribution >= 4 is 5.78 Å². The molecule has 1 aliphatic heterocycles. The predicted octanol–water partition coefficient (Wildman–Crippen LogP) is 4.46. The van der Waals surface area contributed by atoms with E-state index in [0.717, 1.165) is 19.3 Å². The molecule has 24 heavy (non-hydrogen) atoms. The summed E-state index contributed by atoms with van der Waals surface area (Å²) in [6, 6.07) is 1.51. The zero-order chi connectivity index (χ0) is 17.9. The van der Waals surface area contributed by atoms with E-state index in [-0.39, 0.29) is 45.7 Å². The maximum atomic E-state index is 12.4. The molecule has 0 unspecified atom stereocenters. The largest absolute Gasteiger partial charge is 0.507 e. The lowest BCUT2D eigenvalue weighted by Gasteiger charge is -2.53. The van der Waals surface area contributed by atoms with Gasteiger partial charge in [-0.25, -0.2) is 0 Å². The third kappa shape index (κ3) is 2.47. The summed E-state index contributed by atoms with van der Waals surface area (Å²) in [5.41, 5.74) is 0.507. The first-order valence-corrected chi connectivity index (χ1v) is 8.88. The zero-order valence-electron chi connectivity index (χ0n) is 15.3. The topological polar surface area (TPSA) is 66.8 Å². The number of ketones is 1. The number of fused-ring (bicyclic) bond motifs is 2. The summed E-state index contributed by atoms with van der Waals surface area (Å²) in [6.45, 7) is 10.2. The number of benzene rings is 1. The van der Waals surface area contributed by atoms with Gasteiger partial charge in [0.1, 0.15) is 28.4 Å². The third-order valence-corrected chi connectivity index (χ3v) is 6.04. The fourth-order valence-corrected chi connectivity index (χ4v) is 4.63. The predicted molar refractivity (Wildman–Crippen MR) is 92.8 cm³/mol. The molecule has 2 aliphatic rings. The highest BCUT2D eigenvalue weighted by molar-refractivity contribution is 6.03. The molecule has 4 heteroatoms. The van der Waals surface area contributed by atoms with Crippen molar-refractivity contribution < 1.29 is 19.7 Å². The van der Waals surface area contributed by atoms with E-state index in [4.69, 9.17) is 4.74 Å². The van der Waals surface area contributed by atoms with Crippen molar-refractivity contribution in [2.24, 2.45) is 17.3 Å². The Morgan fingerprint density at radius 3 is 2.54 bits per heavy atom. The van der Waals surface area contributed by atoms with E-state index in [2.05, 4.69) is 20.8 Å². The summed E-state index contributed by atoms with van der Waals surface area (Å²) in [6.07, 6.45) is 3.87. The van der Waals surface area contributed by atoms with Gasteiger partial charge in [-0.2, -0.15) is 0 Å². The Hall–Kier alpha value is -1.71. The quantitative estimate of drug-likeness (QED) is 0.785. The summed E-state index contributed by atoms with van der Waals surface area (Å²) in [7, 11) is 0. The van der Waals surface area contributed by atoms with E-state index in [1.165, 1.54) is 6.07 Å². The monoisotopic (exact) mass is 332 g/mol. The lowest BCUT2D eigenvalue weighted by atomic mass is 9.59. The first-order valence-electron chi connectivity index (χ1n) is 8.88. The van der Waals surface area contributed by atoms with Crippen LogP contribution < -0.4 is 4.74 Å². The highest BCUT2D eigenvalue weighted by Crippen LogP contribution is 2.55. The maximum Gasteiger partial charge on any atom is 0.172 e. The van der Waals surface area contributed by atoms with Crippen molar-refractivity contribution in [2.75, 3.05) is 0 Å². The van der Waals surface area contributed by atoms with E-state index < -0.39 is 0 Å². The van der Waals surface area contributed by atoms with Gasteiger partial charge in [0, 0.05) is 23.5 Å². The van der Waals surface area contributed by atoms with Gasteiger partial charge in [0.05, 0.1) is 0 Å². The van der Waals surface area contributed by atoms with Gasteiger partial charge >= 0.3 is 0 Å². The molecule has 0 radical (unpaired) electrons. The number of phenols is 2. The van der Waals surface area contributed by atoms with Crippen LogP contribution in [0.1, 0.15) is 69.8 Å². The SMILES string of the molecule is CC(C)C(=O)c1c(O)cc2c(c1O)C[C@@H]1C(C)(C)CCC[C@@]1(C)O2. The molecule has 2 atom stereocenters. The molecule has 4 nitrogen and oxygen atoms in total. The number of hydrogen-bond donors (Lipinski definition) is 2. The number of carbonyl (C=O) groups excluding carboxylic acids is 1. The Kier molecular flexibility index (Phi) is 3.85. The number of rotatable bonds is 2. The molecule has 132 valence electrons. The molecule has 1 fully saturated rings. The van der Waals surface area contributed by atoms with Crippen LogP contribution in [0.5, 0.6) is 17.2 Å². The van der Waals surface area contributed by atoms with Gasteiger partial charge in [-0.05, 0) is 38.0 Å². The van der Waals surface area contributed by atoms with E-state index in [1.54, 1.807) is 13.8 Å². The Morgan fingerprint density at radius 1 is 1.25 bits per heavy atom. The average molecular weight is 332 g/mol. The number of Topliss-reactive ketones (excluding diaryl/α,β-unsaturated/α-hetero) is 1. The van der Waals surface area contributed by atoms with Crippen LogP contribution in [0.2, 0.25) is 0 Å². The van der Waals surface area contributed by atoms with Crippen LogP contribution in [0.3, 0.4) is 0 Å². The number of aromatic hydroxyl groups is 2. The lowest BCUT2D eigenvalue weighted by molar-refractivity contribution is -0.0820. The maximum absolute atomic E-state index is 12.4. The normalized spacial score (nSPS) is 28.0. The minimum atomic E-state index is -0.294. The summed E-state index contributed by atoms with van der Waals surface area (Å²) in [4.78, 5) is 12.4. The van der Waals surface area contributed by atoms with Crippen LogP contribution in [0, 0.1) is 17.3 Å². The molecule has 1 aromatic carbocycles.